The van der Waals surface area contributed by atoms with Crippen molar-refractivity contribution in [3.8, 4) is 5.75 Å². The summed E-state index contributed by atoms with van der Waals surface area (Å²) in [5, 5.41) is 22.7. The first-order chi connectivity index (χ1) is 17.8. The molecule has 1 aromatic heterocycles. The third-order valence-corrected chi connectivity index (χ3v) is 7.07. The van der Waals surface area contributed by atoms with Gasteiger partial charge in [0, 0.05) is 17.7 Å². The highest BCUT2D eigenvalue weighted by Gasteiger charge is 2.48. The Morgan fingerprint density at radius 1 is 1.11 bits per heavy atom. The number of aliphatic hydroxyl groups is 1. The Bertz CT molecular complexity index is 1570. The van der Waals surface area contributed by atoms with E-state index in [1.54, 1.807) is 36.4 Å². The van der Waals surface area contributed by atoms with E-state index >= 15 is 0 Å². The number of hydrogen-bond donors (Lipinski definition) is 1. The fourth-order valence-electron chi connectivity index (χ4n) is 4.24. The van der Waals surface area contributed by atoms with Crippen LogP contribution in [0.1, 0.15) is 29.7 Å². The van der Waals surface area contributed by atoms with Crippen LogP contribution in [0, 0.1) is 17.0 Å². The number of ether oxygens (including phenoxy) is 1. The number of nitro groups is 1. The Morgan fingerprint density at radius 2 is 1.81 bits per heavy atom. The van der Waals surface area contributed by atoms with E-state index in [4.69, 9.17) is 4.74 Å². The molecule has 5 rings (SSSR count). The number of hydrogen-bond acceptors (Lipinski definition) is 8. The number of aliphatic hydroxyl groups excluding tert-OH is 1. The number of anilines is 1. The minimum Gasteiger partial charge on any atom is -0.507 e. The van der Waals surface area contributed by atoms with Crippen molar-refractivity contribution in [2.45, 2.75) is 19.9 Å². The van der Waals surface area contributed by atoms with Crippen LogP contribution >= 0.6 is 11.3 Å². The van der Waals surface area contributed by atoms with Gasteiger partial charge in [0.2, 0.25) is 0 Å². The summed E-state index contributed by atoms with van der Waals surface area (Å²) < 4.78 is 6.32. The number of ketones is 1. The van der Waals surface area contributed by atoms with Crippen molar-refractivity contribution >= 4 is 49.8 Å². The standard InChI is InChI=1S/C27H21N3O6S/c1-3-36-19-12-13-20-21(14-19)37-27(28-20)29-23(16-8-10-18(11-9-16)30(34)35)22(25(32)26(29)33)24(31)17-6-4-15(2)5-7-17/h4-14,23,31H,3H2,1-2H3/b24-22+. The van der Waals surface area contributed by atoms with E-state index in [1.165, 1.54) is 40.5 Å². The summed E-state index contributed by atoms with van der Waals surface area (Å²) in [7, 11) is 0. The molecule has 37 heavy (non-hydrogen) atoms. The summed E-state index contributed by atoms with van der Waals surface area (Å²) >= 11 is 1.21. The summed E-state index contributed by atoms with van der Waals surface area (Å²) in [6.45, 7) is 4.26. The first kappa shape index (κ1) is 24.1. The molecule has 1 atom stereocenters. The Kier molecular flexibility index (Phi) is 6.18. The van der Waals surface area contributed by atoms with E-state index in [2.05, 4.69) is 4.98 Å². The van der Waals surface area contributed by atoms with Gasteiger partial charge in [-0.1, -0.05) is 41.2 Å². The third-order valence-electron chi connectivity index (χ3n) is 6.05. The lowest BCUT2D eigenvalue weighted by molar-refractivity contribution is -0.384. The molecular weight excluding hydrogens is 494 g/mol. The van der Waals surface area contributed by atoms with E-state index in [1.807, 2.05) is 19.9 Å². The van der Waals surface area contributed by atoms with Gasteiger partial charge in [0.15, 0.2) is 5.13 Å². The van der Waals surface area contributed by atoms with E-state index < -0.39 is 22.7 Å². The molecule has 9 nitrogen and oxygen atoms in total. The zero-order valence-electron chi connectivity index (χ0n) is 19.9. The number of carbonyl (C=O) groups excluding carboxylic acids is 2. The quantitative estimate of drug-likeness (QED) is 0.118. The molecule has 4 aromatic rings. The minimum atomic E-state index is -1.03. The highest BCUT2D eigenvalue weighted by molar-refractivity contribution is 7.22. The van der Waals surface area contributed by atoms with Gasteiger partial charge in [0.05, 0.1) is 33.4 Å². The van der Waals surface area contributed by atoms with Gasteiger partial charge in [-0.2, -0.15) is 0 Å². The summed E-state index contributed by atoms with van der Waals surface area (Å²) in [5.74, 6) is -1.39. The second-order valence-corrected chi connectivity index (χ2v) is 9.45. The Morgan fingerprint density at radius 3 is 2.46 bits per heavy atom. The summed E-state index contributed by atoms with van der Waals surface area (Å²) in [5.41, 5.74) is 2.13. The number of Topliss-reactive ketones (excluding diaryl/α,β-unsaturated/α-hetero) is 1. The van der Waals surface area contributed by atoms with Crippen LogP contribution in [0.5, 0.6) is 5.75 Å². The monoisotopic (exact) mass is 515 g/mol. The van der Waals surface area contributed by atoms with Crippen molar-refractivity contribution in [2.24, 2.45) is 0 Å². The van der Waals surface area contributed by atoms with E-state index in [0.29, 0.717) is 29.0 Å². The summed E-state index contributed by atoms with van der Waals surface area (Å²) in [6.07, 6.45) is 0. The van der Waals surface area contributed by atoms with E-state index in [-0.39, 0.29) is 22.2 Å². The highest BCUT2D eigenvalue weighted by atomic mass is 32.1. The molecule has 0 saturated carbocycles. The maximum absolute atomic E-state index is 13.4. The van der Waals surface area contributed by atoms with E-state index in [0.717, 1.165) is 10.3 Å². The van der Waals surface area contributed by atoms with Gasteiger partial charge in [-0.3, -0.25) is 24.6 Å². The number of rotatable bonds is 6. The number of carbonyl (C=O) groups is 2. The number of fused-ring (bicyclic) bond motifs is 1. The van der Waals surface area contributed by atoms with Gasteiger partial charge >= 0.3 is 5.91 Å². The molecule has 3 aromatic carbocycles. The van der Waals surface area contributed by atoms with Gasteiger partial charge in [-0.25, -0.2) is 4.98 Å². The van der Waals surface area contributed by atoms with Crippen LogP contribution in [0.2, 0.25) is 0 Å². The number of benzene rings is 3. The molecule has 10 heteroatoms. The number of non-ortho nitro benzene ring substituents is 1. The lowest BCUT2D eigenvalue weighted by atomic mass is 9.95. The molecule has 1 N–H and O–H groups in total. The first-order valence-corrected chi connectivity index (χ1v) is 12.3. The van der Waals surface area contributed by atoms with Crippen molar-refractivity contribution in [2.75, 3.05) is 11.5 Å². The highest BCUT2D eigenvalue weighted by Crippen LogP contribution is 2.44. The molecule has 0 aliphatic carbocycles. The average molecular weight is 516 g/mol. The van der Waals surface area contributed by atoms with Crippen LogP contribution in [-0.2, 0) is 9.59 Å². The Balaban J connectivity index is 1.69. The zero-order chi connectivity index (χ0) is 26.3. The Labute approximate surface area is 215 Å². The molecule has 0 spiro atoms. The Hall–Kier alpha value is -4.57. The number of amides is 1. The first-order valence-electron chi connectivity index (χ1n) is 11.4. The summed E-state index contributed by atoms with van der Waals surface area (Å²) in [4.78, 5) is 43.2. The van der Waals surface area contributed by atoms with Gasteiger partial charge in [-0.05, 0) is 49.7 Å². The second-order valence-electron chi connectivity index (χ2n) is 8.44. The predicted molar refractivity (Wildman–Crippen MR) is 140 cm³/mol. The van der Waals surface area contributed by atoms with Crippen LogP contribution in [0.4, 0.5) is 10.8 Å². The SMILES string of the molecule is CCOc1ccc2nc(N3C(=O)C(=O)/C(=C(/O)c4ccc(C)cc4)C3c3ccc([N+](=O)[O-])cc3)sc2c1. The zero-order valence-corrected chi connectivity index (χ0v) is 20.7. The molecule has 2 heterocycles. The third kappa shape index (κ3) is 4.31. The number of aromatic nitrogens is 1. The van der Waals surface area contributed by atoms with Crippen molar-refractivity contribution in [1.29, 1.82) is 0 Å². The van der Waals surface area contributed by atoms with Gasteiger partial charge in [-0.15, -0.1) is 0 Å². The topological polar surface area (TPSA) is 123 Å². The molecule has 1 unspecified atom stereocenters. The van der Waals surface area contributed by atoms with Gasteiger partial charge in [0.25, 0.3) is 11.5 Å². The van der Waals surface area contributed by atoms with Crippen molar-refractivity contribution in [3.05, 3.63) is 99.1 Å². The molecule has 0 radical (unpaired) electrons. The normalized spacial score (nSPS) is 16.9. The van der Waals surface area contributed by atoms with Gasteiger partial charge in [0.1, 0.15) is 11.5 Å². The lowest BCUT2D eigenvalue weighted by Crippen LogP contribution is -2.29. The maximum atomic E-state index is 13.4. The van der Waals surface area contributed by atoms with Crippen LogP contribution in [0.15, 0.2) is 72.3 Å². The smallest absolute Gasteiger partial charge is 0.301 e. The van der Waals surface area contributed by atoms with Gasteiger partial charge < -0.3 is 9.84 Å². The van der Waals surface area contributed by atoms with Crippen molar-refractivity contribution in [1.82, 2.24) is 4.98 Å². The lowest BCUT2D eigenvalue weighted by Gasteiger charge is -2.22. The molecule has 1 fully saturated rings. The van der Waals surface area contributed by atoms with Crippen LogP contribution < -0.4 is 9.64 Å². The van der Waals surface area contributed by atoms with Crippen LogP contribution in [-0.4, -0.2) is 33.3 Å². The fourth-order valence-corrected chi connectivity index (χ4v) is 5.26. The minimum absolute atomic E-state index is 0.114. The molecule has 186 valence electrons. The molecular formula is C27H21N3O6S. The van der Waals surface area contributed by atoms with E-state index in [9.17, 15) is 24.8 Å². The van der Waals surface area contributed by atoms with Crippen LogP contribution in [0.25, 0.3) is 16.0 Å². The number of aryl methyl sites for hydroxylation is 1. The maximum Gasteiger partial charge on any atom is 0.301 e. The molecule has 0 bridgehead atoms. The van der Waals surface area contributed by atoms with Crippen LogP contribution in [0.3, 0.4) is 0 Å². The van der Waals surface area contributed by atoms with Crippen molar-refractivity contribution in [3.63, 3.8) is 0 Å². The number of thiazole rings is 1. The predicted octanol–water partition coefficient (Wildman–Crippen LogP) is 5.54. The second kappa shape index (κ2) is 9.47. The number of nitro benzene ring substituents is 1. The largest absolute Gasteiger partial charge is 0.507 e. The molecule has 1 aliphatic rings. The summed E-state index contributed by atoms with van der Waals surface area (Å²) in [6, 6.07) is 16.8. The average Bonchev–Trinajstić information content (AvgIpc) is 3.42. The molecule has 1 saturated heterocycles. The molecule has 1 aliphatic heterocycles. The molecule has 1 amide bonds. The van der Waals surface area contributed by atoms with Crippen molar-refractivity contribution < 1.29 is 24.4 Å². The fraction of sp³-hybridized carbons (Fsp3) is 0.148. The number of nitrogens with zero attached hydrogens (tertiary/aromatic N) is 3.